The molecule has 3 nitrogen and oxygen atoms in total. The third kappa shape index (κ3) is 3.56. The number of ether oxygens (including phenoxy) is 1. The van der Waals surface area contributed by atoms with Crippen LogP contribution in [-0.4, -0.2) is 23.3 Å². The molecule has 1 rings (SSSR count). The molecule has 0 aliphatic carbocycles. The molecule has 0 bridgehead atoms. The monoisotopic (exact) mass is 206 g/mol. The first kappa shape index (κ1) is 11.5. The number of hydrogen-bond donors (Lipinski definition) is 1. The molecule has 0 saturated carbocycles. The van der Waals surface area contributed by atoms with E-state index in [1.807, 2.05) is 6.07 Å². The molecular weight excluding hydrogens is 192 g/mol. The van der Waals surface area contributed by atoms with Gasteiger partial charge in [-0.05, 0) is 19.1 Å². The molecule has 0 saturated heterocycles. The SMILES string of the molecule is C=C[C@](C)(O)COC(=O)c1ccccc1. The van der Waals surface area contributed by atoms with Crippen molar-refractivity contribution in [2.75, 3.05) is 6.61 Å². The average molecular weight is 206 g/mol. The van der Waals surface area contributed by atoms with Crippen LogP contribution in [0.25, 0.3) is 0 Å². The number of carbonyl (C=O) groups is 1. The van der Waals surface area contributed by atoms with Crippen molar-refractivity contribution >= 4 is 5.97 Å². The fourth-order valence-corrected chi connectivity index (χ4v) is 0.928. The summed E-state index contributed by atoms with van der Waals surface area (Å²) in [6.45, 7) is 4.87. The van der Waals surface area contributed by atoms with Crippen LogP contribution in [0.15, 0.2) is 43.0 Å². The van der Waals surface area contributed by atoms with E-state index in [1.165, 1.54) is 13.0 Å². The van der Waals surface area contributed by atoms with Crippen molar-refractivity contribution in [1.82, 2.24) is 0 Å². The van der Waals surface area contributed by atoms with E-state index in [0.717, 1.165) is 0 Å². The van der Waals surface area contributed by atoms with Crippen molar-refractivity contribution in [2.45, 2.75) is 12.5 Å². The van der Waals surface area contributed by atoms with Gasteiger partial charge in [-0.2, -0.15) is 0 Å². The zero-order valence-corrected chi connectivity index (χ0v) is 8.64. The smallest absolute Gasteiger partial charge is 0.338 e. The highest BCUT2D eigenvalue weighted by molar-refractivity contribution is 5.89. The summed E-state index contributed by atoms with van der Waals surface area (Å²) in [5.74, 6) is -0.447. The summed E-state index contributed by atoms with van der Waals surface area (Å²) >= 11 is 0. The molecule has 0 fully saturated rings. The highest BCUT2D eigenvalue weighted by Gasteiger charge is 2.18. The van der Waals surface area contributed by atoms with Crippen LogP contribution in [0.5, 0.6) is 0 Å². The first-order valence-electron chi connectivity index (χ1n) is 4.63. The molecule has 0 spiro atoms. The Morgan fingerprint density at radius 2 is 2.13 bits per heavy atom. The lowest BCUT2D eigenvalue weighted by Gasteiger charge is -2.17. The first-order valence-corrected chi connectivity index (χ1v) is 4.63. The summed E-state index contributed by atoms with van der Waals surface area (Å²) in [4.78, 5) is 11.4. The van der Waals surface area contributed by atoms with Crippen molar-refractivity contribution in [3.05, 3.63) is 48.6 Å². The predicted octanol–water partition coefficient (Wildman–Crippen LogP) is 1.78. The zero-order valence-electron chi connectivity index (χ0n) is 8.64. The molecule has 80 valence electrons. The molecule has 0 amide bonds. The Morgan fingerprint density at radius 3 is 2.67 bits per heavy atom. The quantitative estimate of drug-likeness (QED) is 0.603. The van der Waals surface area contributed by atoms with Gasteiger partial charge in [0.15, 0.2) is 0 Å². The Bertz CT molecular complexity index is 341. The van der Waals surface area contributed by atoms with Crippen molar-refractivity contribution in [3.63, 3.8) is 0 Å². The lowest BCUT2D eigenvalue weighted by atomic mass is 10.1. The second-order valence-electron chi connectivity index (χ2n) is 3.50. The molecule has 0 aliphatic heterocycles. The fourth-order valence-electron chi connectivity index (χ4n) is 0.928. The number of carbonyl (C=O) groups excluding carboxylic acids is 1. The molecule has 0 radical (unpaired) electrons. The zero-order chi connectivity index (χ0) is 11.3. The molecule has 1 aromatic carbocycles. The molecule has 1 N–H and O–H groups in total. The van der Waals surface area contributed by atoms with E-state index < -0.39 is 11.6 Å². The fraction of sp³-hybridized carbons (Fsp3) is 0.250. The second kappa shape index (κ2) is 4.75. The molecule has 0 heterocycles. The number of aliphatic hydroxyl groups is 1. The first-order chi connectivity index (χ1) is 7.05. The van der Waals surface area contributed by atoms with Gasteiger partial charge in [0, 0.05) is 0 Å². The predicted molar refractivity (Wildman–Crippen MR) is 57.5 cm³/mol. The Balaban J connectivity index is 2.55. The summed E-state index contributed by atoms with van der Waals surface area (Å²) in [7, 11) is 0. The summed E-state index contributed by atoms with van der Waals surface area (Å²) in [5, 5.41) is 9.52. The normalized spacial score (nSPS) is 14.0. The largest absolute Gasteiger partial charge is 0.459 e. The lowest BCUT2D eigenvalue weighted by molar-refractivity contribution is 0.00448. The molecule has 0 aliphatic rings. The minimum atomic E-state index is -1.18. The van der Waals surface area contributed by atoms with Gasteiger partial charge in [-0.15, -0.1) is 6.58 Å². The Kier molecular flexibility index (Phi) is 3.63. The van der Waals surface area contributed by atoms with Crippen LogP contribution in [-0.2, 0) is 4.74 Å². The van der Waals surface area contributed by atoms with Crippen LogP contribution in [0.1, 0.15) is 17.3 Å². The summed E-state index contributed by atoms with van der Waals surface area (Å²) < 4.78 is 4.92. The van der Waals surface area contributed by atoms with Crippen molar-refractivity contribution < 1.29 is 14.6 Å². The molecular formula is C12H14O3. The lowest BCUT2D eigenvalue weighted by Crippen LogP contribution is -2.29. The van der Waals surface area contributed by atoms with Gasteiger partial charge in [0.2, 0.25) is 0 Å². The molecule has 0 aromatic heterocycles. The van der Waals surface area contributed by atoms with E-state index in [9.17, 15) is 9.90 Å². The maximum atomic E-state index is 11.4. The highest BCUT2D eigenvalue weighted by Crippen LogP contribution is 2.07. The maximum absolute atomic E-state index is 11.4. The van der Waals surface area contributed by atoms with Gasteiger partial charge < -0.3 is 9.84 Å². The Labute approximate surface area is 89.0 Å². The molecule has 0 unspecified atom stereocenters. The second-order valence-corrected chi connectivity index (χ2v) is 3.50. The number of benzene rings is 1. The van der Waals surface area contributed by atoms with E-state index in [0.29, 0.717) is 5.56 Å². The minimum Gasteiger partial charge on any atom is -0.459 e. The van der Waals surface area contributed by atoms with Gasteiger partial charge in [-0.3, -0.25) is 0 Å². The third-order valence-corrected chi connectivity index (χ3v) is 1.94. The van der Waals surface area contributed by atoms with Crippen molar-refractivity contribution in [1.29, 1.82) is 0 Å². The van der Waals surface area contributed by atoms with Gasteiger partial charge in [0.25, 0.3) is 0 Å². The summed E-state index contributed by atoms with van der Waals surface area (Å²) in [5.41, 5.74) is -0.706. The van der Waals surface area contributed by atoms with Crippen LogP contribution in [0.4, 0.5) is 0 Å². The molecule has 15 heavy (non-hydrogen) atoms. The van der Waals surface area contributed by atoms with Crippen LogP contribution in [0.2, 0.25) is 0 Å². The van der Waals surface area contributed by atoms with Gasteiger partial charge in [-0.25, -0.2) is 4.79 Å². The number of esters is 1. The van der Waals surface area contributed by atoms with E-state index in [1.54, 1.807) is 24.3 Å². The van der Waals surface area contributed by atoms with Gasteiger partial charge in [0.05, 0.1) is 5.56 Å². The Morgan fingerprint density at radius 1 is 1.53 bits per heavy atom. The molecule has 3 heteroatoms. The summed E-state index contributed by atoms with van der Waals surface area (Å²) in [6.07, 6.45) is 1.34. The van der Waals surface area contributed by atoms with Gasteiger partial charge in [0.1, 0.15) is 12.2 Å². The molecule has 1 aromatic rings. The number of hydrogen-bond acceptors (Lipinski definition) is 3. The van der Waals surface area contributed by atoms with Crippen LogP contribution in [0, 0.1) is 0 Å². The average Bonchev–Trinajstić information content (AvgIpc) is 2.27. The van der Waals surface area contributed by atoms with E-state index >= 15 is 0 Å². The Hall–Kier alpha value is -1.61. The minimum absolute atomic E-state index is 0.0930. The summed E-state index contributed by atoms with van der Waals surface area (Å²) in [6, 6.07) is 8.64. The van der Waals surface area contributed by atoms with Crippen molar-refractivity contribution in [2.24, 2.45) is 0 Å². The van der Waals surface area contributed by atoms with Gasteiger partial charge in [-0.1, -0.05) is 24.3 Å². The van der Waals surface area contributed by atoms with Crippen LogP contribution in [0.3, 0.4) is 0 Å². The van der Waals surface area contributed by atoms with E-state index in [2.05, 4.69) is 6.58 Å². The maximum Gasteiger partial charge on any atom is 0.338 e. The highest BCUT2D eigenvalue weighted by atomic mass is 16.5. The van der Waals surface area contributed by atoms with Crippen LogP contribution < -0.4 is 0 Å². The standard InChI is InChI=1S/C12H14O3/c1-3-12(2,14)9-15-11(13)10-7-5-4-6-8-10/h3-8,14H,1,9H2,2H3/t12-/m0/s1. The third-order valence-electron chi connectivity index (χ3n) is 1.94. The van der Waals surface area contributed by atoms with E-state index in [-0.39, 0.29) is 6.61 Å². The van der Waals surface area contributed by atoms with E-state index in [4.69, 9.17) is 4.74 Å². The van der Waals surface area contributed by atoms with Gasteiger partial charge >= 0.3 is 5.97 Å². The van der Waals surface area contributed by atoms with Crippen LogP contribution >= 0.6 is 0 Å². The van der Waals surface area contributed by atoms with Crippen molar-refractivity contribution in [3.8, 4) is 0 Å². The topological polar surface area (TPSA) is 46.5 Å². The molecule has 1 atom stereocenters. The number of rotatable bonds is 4.